The van der Waals surface area contributed by atoms with Crippen molar-refractivity contribution in [3.63, 3.8) is 0 Å². The van der Waals surface area contributed by atoms with Gasteiger partial charge in [-0.15, -0.1) is 0 Å². The van der Waals surface area contributed by atoms with Crippen molar-refractivity contribution in [1.29, 1.82) is 0 Å². The molecule has 0 spiro atoms. The van der Waals surface area contributed by atoms with Crippen LogP contribution in [0.5, 0.6) is 0 Å². The molecule has 0 radical (unpaired) electrons. The first-order valence-corrected chi connectivity index (χ1v) is 7.19. The molecule has 1 N–H and O–H groups in total. The highest BCUT2D eigenvalue weighted by molar-refractivity contribution is 5.82. The number of carbonyl (C=O) groups excluding carboxylic acids is 1. The fraction of sp³-hybridized carbons (Fsp3) is 0.714. The number of amides is 1. The number of piperidine rings is 1. The summed E-state index contributed by atoms with van der Waals surface area (Å²) in [5.74, 6) is 0.799. The van der Waals surface area contributed by atoms with Crippen molar-refractivity contribution < 1.29 is 9.53 Å². The summed E-state index contributed by atoms with van der Waals surface area (Å²) >= 11 is 0. The van der Waals surface area contributed by atoms with Crippen molar-refractivity contribution in [2.75, 3.05) is 19.7 Å². The van der Waals surface area contributed by atoms with Gasteiger partial charge in [-0.3, -0.25) is 9.89 Å². The molecule has 2 aliphatic rings. The number of ether oxygens (including phenoxy) is 1. The number of nitrogens with one attached hydrogen (secondary N) is 1. The number of aromatic nitrogens is 2. The molecule has 5 heteroatoms. The number of H-pyrrole nitrogens is 1. The SMILES string of the molecule is CCOC1CC1C(=O)N1CCCC(c2ccn[nH]2)C1. The summed E-state index contributed by atoms with van der Waals surface area (Å²) in [6.45, 7) is 4.38. The Bertz CT molecular complexity index is 432. The molecule has 1 aromatic heterocycles. The van der Waals surface area contributed by atoms with Gasteiger partial charge in [0.05, 0.1) is 12.0 Å². The van der Waals surface area contributed by atoms with Crippen LogP contribution in [0.3, 0.4) is 0 Å². The molecule has 0 bridgehead atoms. The van der Waals surface area contributed by atoms with E-state index in [-0.39, 0.29) is 17.9 Å². The zero-order chi connectivity index (χ0) is 13.2. The molecule has 3 rings (SSSR count). The van der Waals surface area contributed by atoms with Crippen LogP contribution in [-0.2, 0) is 9.53 Å². The van der Waals surface area contributed by atoms with Crippen molar-refractivity contribution in [1.82, 2.24) is 15.1 Å². The largest absolute Gasteiger partial charge is 0.378 e. The van der Waals surface area contributed by atoms with E-state index in [1.165, 1.54) is 0 Å². The minimum atomic E-state index is 0.112. The summed E-state index contributed by atoms with van der Waals surface area (Å²) in [4.78, 5) is 14.4. The molecule has 3 atom stereocenters. The second-order valence-corrected chi connectivity index (χ2v) is 5.47. The van der Waals surface area contributed by atoms with E-state index in [2.05, 4.69) is 10.2 Å². The third-order valence-corrected chi connectivity index (χ3v) is 4.13. The Morgan fingerprint density at radius 3 is 3.26 bits per heavy atom. The summed E-state index contributed by atoms with van der Waals surface area (Å²) in [7, 11) is 0. The van der Waals surface area contributed by atoms with Crippen LogP contribution in [0.25, 0.3) is 0 Å². The van der Waals surface area contributed by atoms with Crippen molar-refractivity contribution >= 4 is 5.91 Å². The zero-order valence-electron chi connectivity index (χ0n) is 11.3. The smallest absolute Gasteiger partial charge is 0.228 e. The quantitative estimate of drug-likeness (QED) is 0.896. The summed E-state index contributed by atoms with van der Waals surface area (Å²) < 4.78 is 5.51. The molecule has 1 aliphatic carbocycles. The number of nitrogens with zero attached hydrogens (tertiary/aromatic N) is 2. The first-order valence-electron chi connectivity index (χ1n) is 7.19. The Morgan fingerprint density at radius 2 is 2.53 bits per heavy atom. The van der Waals surface area contributed by atoms with Gasteiger partial charge in [0, 0.05) is 37.5 Å². The average molecular weight is 263 g/mol. The lowest BCUT2D eigenvalue weighted by atomic mass is 9.94. The van der Waals surface area contributed by atoms with Crippen molar-refractivity contribution in [2.45, 2.75) is 38.2 Å². The van der Waals surface area contributed by atoms with Crippen LogP contribution in [-0.4, -0.2) is 46.8 Å². The predicted molar refractivity (Wildman–Crippen MR) is 70.7 cm³/mol. The molecule has 1 amide bonds. The van der Waals surface area contributed by atoms with Crippen LogP contribution in [0.15, 0.2) is 12.3 Å². The topological polar surface area (TPSA) is 58.2 Å². The molecular weight excluding hydrogens is 242 g/mol. The lowest BCUT2D eigenvalue weighted by Crippen LogP contribution is -2.40. The van der Waals surface area contributed by atoms with Gasteiger partial charge in [-0.2, -0.15) is 5.10 Å². The molecule has 0 aromatic carbocycles. The van der Waals surface area contributed by atoms with Crippen LogP contribution in [0.1, 0.15) is 37.8 Å². The van der Waals surface area contributed by atoms with Gasteiger partial charge < -0.3 is 9.64 Å². The maximum Gasteiger partial charge on any atom is 0.228 e. The normalized spacial score (nSPS) is 30.4. The van der Waals surface area contributed by atoms with E-state index in [4.69, 9.17) is 4.74 Å². The number of hydrogen-bond donors (Lipinski definition) is 1. The minimum Gasteiger partial charge on any atom is -0.378 e. The van der Waals surface area contributed by atoms with E-state index >= 15 is 0 Å². The Kier molecular flexibility index (Phi) is 3.55. The van der Waals surface area contributed by atoms with Crippen LogP contribution in [0, 0.1) is 5.92 Å². The van der Waals surface area contributed by atoms with Crippen LogP contribution in [0.2, 0.25) is 0 Å². The maximum absolute atomic E-state index is 12.4. The fourth-order valence-corrected chi connectivity index (χ4v) is 2.99. The summed E-state index contributed by atoms with van der Waals surface area (Å²) in [6, 6.07) is 2.01. The third-order valence-electron chi connectivity index (χ3n) is 4.13. The highest BCUT2D eigenvalue weighted by Crippen LogP contribution is 2.37. The molecule has 1 saturated carbocycles. The van der Waals surface area contributed by atoms with E-state index in [9.17, 15) is 4.79 Å². The molecule has 2 fully saturated rings. The van der Waals surface area contributed by atoms with E-state index in [0.717, 1.165) is 38.0 Å². The van der Waals surface area contributed by atoms with E-state index < -0.39 is 0 Å². The monoisotopic (exact) mass is 263 g/mol. The molecule has 1 aliphatic heterocycles. The molecular formula is C14H21N3O2. The van der Waals surface area contributed by atoms with Crippen molar-refractivity contribution in [2.24, 2.45) is 5.92 Å². The highest BCUT2D eigenvalue weighted by atomic mass is 16.5. The third kappa shape index (κ3) is 2.66. The Labute approximate surface area is 113 Å². The van der Waals surface area contributed by atoms with Gasteiger partial charge in [0.25, 0.3) is 0 Å². The summed E-state index contributed by atoms with van der Waals surface area (Å²) in [5.41, 5.74) is 1.15. The number of aromatic amines is 1. The predicted octanol–water partition coefficient (Wildman–Crippen LogP) is 1.54. The summed E-state index contributed by atoms with van der Waals surface area (Å²) in [5, 5.41) is 7.03. The highest BCUT2D eigenvalue weighted by Gasteiger charge is 2.46. The van der Waals surface area contributed by atoms with Gasteiger partial charge in [0.15, 0.2) is 0 Å². The maximum atomic E-state index is 12.4. The van der Waals surface area contributed by atoms with E-state index in [1.807, 2.05) is 17.9 Å². The molecule has 5 nitrogen and oxygen atoms in total. The lowest BCUT2D eigenvalue weighted by Gasteiger charge is -2.32. The van der Waals surface area contributed by atoms with E-state index in [1.54, 1.807) is 6.20 Å². The molecule has 2 heterocycles. The molecule has 19 heavy (non-hydrogen) atoms. The van der Waals surface area contributed by atoms with E-state index in [0.29, 0.717) is 12.5 Å². The number of hydrogen-bond acceptors (Lipinski definition) is 3. The Hall–Kier alpha value is -1.36. The molecule has 1 saturated heterocycles. The second kappa shape index (κ2) is 5.33. The van der Waals surface area contributed by atoms with Gasteiger partial charge in [-0.1, -0.05) is 0 Å². The first kappa shape index (κ1) is 12.7. The Morgan fingerprint density at radius 1 is 1.63 bits per heavy atom. The van der Waals surface area contributed by atoms with Crippen molar-refractivity contribution in [3.05, 3.63) is 18.0 Å². The number of carbonyl (C=O) groups is 1. The molecule has 3 unspecified atom stereocenters. The summed E-state index contributed by atoms with van der Waals surface area (Å²) in [6.07, 6.45) is 5.05. The van der Waals surface area contributed by atoms with Crippen molar-refractivity contribution in [3.8, 4) is 0 Å². The number of rotatable bonds is 4. The van der Waals surface area contributed by atoms with Crippen LogP contribution < -0.4 is 0 Å². The van der Waals surface area contributed by atoms with Gasteiger partial charge in [-0.25, -0.2) is 0 Å². The van der Waals surface area contributed by atoms with Gasteiger partial charge in [0.1, 0.15) is 0 Å². The average Bonchev–Trinajstić information content (AvgIpc) is 3.00. The van der Waals surface area contributed by atoms with Crippen LogP contribution in [0.4, 0.5) is 0 Å². The minimum absolute atomic E-state index is 0.112. The lowest BCUT2D eigenvalue weighted by molar-refractivity contribution is -0.134. The van der Waals surface area contributed by atoms with Gasteiger partial charge in [0.2, 0.25) is 5.91 Å². The standard InChI is InChI=1S/C14H21N3O2/c1-2-19-13-8-11(13)14(18)17-7-3-4-10(9-17)12-5-6-15-16-12/h5-6,10-11,13H,2-4,7-9H2,1H3,(H,15,16). The first-order chi connectivity index (χ1) is 9.29. The van der Waals surface area contributed by atoms with Gasteiger partial charge >= 0.3 is 0 Å². The zero-order valence-corrected chi connectivity index (χ0v) is 11.3. The fourth-order valence-electron chi connectivity index (χ4n) is 2.99. The molecule has 1 aromatic rings. The number of likely N-dealkylation sites (tertiary alicyclic amines) is 1. The van der Waals surface area contributed by atoms with Gasteiger partial charge in [-0.05, 0) is 32.3 Å². The molecule has 104 valence electrons. The van der Waals surface area contributed by atoms with Crippen LogP contribution >= 0.6 is 0 Å². The Balaban J connectivity index is 1.58. The second-order valence-electron chi connectivity index (χ2n) is 5.47.